The third kappa shape index (κ3) is 6.95. The monoisotopic (exact) mass is 502 g/mol. The van der Waals surface area contributed by atoms with Crippen molar-refractivity contribution in [3.8, 4) is 11.1 Å². The molecular formula is C29H30N2O6. The molecule has 4 rings (SSSR count). The van der Waals surface area contributed by atoms with E-state index in [9.17, 15) is 14.4 Å². The third-order valence-corrected chi connectivity index (χ3v) is 6.21. The molecule has 0 unspecified atom stereocenters. The summed E-state index contributed by atoms with van der Waals surface area (Å²) in [6.07, 6.45) is -0.484. The topological polar surface area (TPSA) is 105 Å². The van der Waals surface area contributed by atoms with Crippen molar-refractivity contribution >= 4 is 18.0 Å². The molecule has 1 aliphatic rings. The summed E-state index contributed by atoms with van der Waals surface area (Å²) in [6.45, 7) is 0.626. The molecule has 2 N–H and O–H groups in total. The van der Waals surface area contributed by atoms with Crippen molar-refractivity contribution in [2.24, 2.45) is 0 Å². The maximum Gasteiger partial charge on any atom is 0.407 e. The van der Waals surface area contributed by atoms with Crippen molar-refractivity contribution < 1.29 is 29.0 Å². The first-order chi connectivity index (χ1) is 18.0. The van der Waals surface area contributed by atoms with Crippen LogP contribution in [-0.4, -0.2) is 60.9 Å². The minimum absolute atomic E-state index is 0.00922. The lowest BCUT2D eigenvalue weighted by Crippen LogP contribution is -2.36. The summed E-state index contributed by atoms with van der Waals surface area (Å²) in [7, 11) is 0. The number of nitrogens with zero attached hydrogens (tertiary/aromatic N) is 1. The average molecular weight is 503 g/mol. The molecule has 2 amide bonds. The molecule has 0 aliphatic heterocycles. The summed E-state index contributed by atoms with van der Waals surface area (Å²) in [5.74, 6) is -1.39. The number of carboxylic acids is 1. The van der Waals surface area contributed by atoms with Crippen LogP contribution >= 0.6 is 0 Å². The molecule has 0 saturated carbocycles. The van der Waals surface area contributed by atoms with E-state index in [1.165, 1.54) is 16.0 Å². The number of fused-ring (bicyclic) bond motifs is 3. The lowest BCUT2D eigenvalue weighted by Gasteiger charge is -2.21. The second kappa shape index (κ2) is 12.7. The molecule has 0 saturated heterocycles. The van der Waals surface area contributed by atoms with E-state index in [0.29, 0.717) is 0 Å². The van der Waals surface area contributed by atoms with Gasteiger partial charge in [0, 0.05) is 19.0 Å². The first-order valence-electron chi connectivity index (χ1n) is 12.2. The summed E-state index contributed by atoms with van der Waals surface area (Å²) in [6, 6.07) is 25.5. The van der Waals surface area contributed by atoms with E-state index in [0.717, 1.165) is 16.7 Å². The van der Waals surface area contributed by atoms with Crippen LogP contribution < -0.4 is 5.32 Å². The maximum absolute atomic E-state index is 12.5. The summed E-state index contributed by atoms with van der Waals surface area (Å²) < 4.78 is 11.0. The van der Waals surface area contributed by atoms with Crippen LogP contribution in [0.15, 0.2) is 78.9 Å². The fourth-order valence-corrected chi connectivity index (χ4v) is 4.49. The molecule has 0 aromatic heterocycles. The molecule has 0 heterocycles. The number of nitrogens with one attached hydrogen (secondary N) is 1. The van der Waals surface area contributed by atoms with Gasteiger partial charge in [0.2, 0.25) is 5.91 Å². The van der Waals surface area contributed by atoms with Crippen molar-refractivity contribution in [1.82, 2.24) is 10.2 Å². The van der Waals surface area contributed by atoms with Gasteiger partial charge in [-0.2, -0.15) is 0 Å². The number of alkyl carbamates (subject to hydrolysis) is 1. The molecule has 0 radical (unpaired) electrons. The number of carboxylic acid groups (broad SMARTS) is 1. The highest BCUT2D eigenvalue weighted by molar-refractivity contribution is 5.81. The molecule has 37 heavy (non-hydrogen) atoms. The first kappa shape index (κ1) is 25.9. The Morgan fingerprint density at radius 1 is 0.838 bits per heavy atom. The van der Waals surface area contributed by atoms with E-state index in [1.54, 1.807) is 0 Å². The fraction of sp³-hybridized carbons (Fsp3) is 0.276. The molecule has 0 bridgehead atoms. The minimum atomic E-state index is -1.07. The lowest BCUT2D eigenvalue weighted by molar-refractivity contribution is -0.145. The average Bonchev–Trinajstić information content (AvgIpc) is 3.23. The van der Waals surface area contributed by atoms with Crippen molar-refractivity contribution in [1.29, 1.82) is 0 Å². The van der Waals surface area contributed by atoms with Crippen molar-refractivity contribution in [2.45, 2.75) is 18.9 Å². The molecule has 1 aliphatic carbocycles. The van der Waals surface area contributed by atoms with Crippen molar-refractivity contribution in [3.63, 3.8) is 0 Å². The molecule has 0 spiro atoms. The SMILES string of the molecule is O=C(O)CN(Cc1ccccc1)C(=O)CCOCCNC(=O)OCC1c2ccccc2-c2ccccc21. The number of rotatable bonds is 12. The number of hydrogen-bond acceptors (Lipinski definition) is 5. The Balaban J connectivity index is 1.15. The third-order valence-electron chi connectivity index (χ3n) is 6.21. The molecule has 192 valence electrons. The van der Waals surface area contributed by atoms with E-state index in [2.05, 4.69) is 29.6 Å². The van der Waals surface area contributed by atoms with Crippen LogP contribution in [0.4, 0.5) is 4.79 Å². The van der Waals surface area contributed by atoms with Gasteiger partial charge in [0.1, 0.15) is 13.2 Å². The zero-order valence-electron chi connectivity index (χ0n) is 20.5. The molecule has 0 fully saturated rings. The van der Waals surface area contributed by atoms with E-state index >= 15 is 0 Å². The van der Waals surface area contributed by atoms with E-state index in [-0.39, 0.29) is 57.7 Å². The normalized spacial score (nSPS) is 11.9. The summed E-state index contributed by atoms with van der Waals surface area (Å²) in [5.41, 5.74) is 5.48. The van der Waals surface area contributed by atoms with Gasteiger partial charge in [-0.05, 0) is 27.8 Å². The molecule has 0 atom stereocenters. The number of amides is 2. The lowest BCUT2D eigenvalue weighted by atomic mass is 9.98. The summed E-state index contributed by atoms with van der Waals surface area (Å²) >= 11 is 0. The van der Waals surface area contributed by atoms with Crippen LogP contribution in [0.5, 0.6) is 0 Å². The highest BCUT2D eigenvalue weighted by Crippen LogP contribution is 2.44. The summed E-state index contributed by atoms with van der Waals surface area (Å²) in [5, 5.41) is 11.8. The maximum atomic E-state index is 12.5. The van der Waals surface area contributed by atoms with Gasteiger partial charge in [0.05, 0.1) is 19.6 Å². The number of carbonyl (C=O) groups excluding carboxylic acids is 2. The second-order valence-corrected chi connectivity index (χ2v) is 8.74. The van der Waals surface area contributed by atoms with Gasteiger partial charge >= 0.3 is 12.1 Å². The molecular weight excluding hydrogens is 472 g/mol. The number of ether oxygens (including phenoxy) is 2. The van der Waals surface area contributed by atoms with Crippen LogP contribution in [0.2, 0.25) is 0 Å². The molecule has 3 aromatic rings. The second-order valence-electron chi connectivity index (χ2n) is 8.74. The van der Waals surface area contributed by atoms with E-state index < -0.39 is 12.1 Å². The molecule has 8 heteroatoms. The van der Waals surface area contributed by atoms with Gasteiger partial charge in [-0.25, -0.2) is 4.79 Å². The standard InChI is InChI=1S/C29H30N2O6/c32-27(31(19-28(33)34)18-21-8-2-1-3-9-21)14-16-36-17-15-30-29(35)37-20-26-24-12-6-4-10-22(24)23-11-5-7-13-25(23)26/h1-13,26H,14-20H2,(H,30,35)(H,33,34). The quantitative estimate of drug-likeness (QED) is 0.362. The number of benzene rings is 3. The van der Waals surface area contributed by atoms with Gasteiger partial charge in [0.25, 0.3) is 0 Å². The van der Waals surface area contributed by atoms with Gasteiger partial charge < -0.3 is 24.8 Å². The van der Waals surface area contributed by atoms with Gasteiger partial charge in [0.15, 0.2) is 0 Å². The van der Waals surface area contributed by atoms with Crippen LogP contribution in [0.1, 0.15) is 29.0 Å². The van der Waals surface area contributed by atoms with E-state index in [1.807, 2.05) is 54.6 Å². The molecule has 8 nitrogen and oxygen atoms in total. The van der Waals surface area contributed by atoms with Crippen LogP contribution in [0, 0.1) is 0 Å². The zero-order valence-corrected chi connectivity index (χ0v) is 20.5. The van der Waals surface area contributed by atoms with Gasteiger partial charge in [-0.3, -0.25) is 9.59 Å². The van der Waals surface area contributed by atoms with Gasteiger partial charge in [-0.1, -0.05) is 78.9 Å². The summed E-state index contributed by atoms with van der Waals surface area (Å²) in [4.78, 5) is 37.2. The van der Waals surface area contributed by atoms with E-state index in [4.69, 9.17) is 14.6 Å². The van der Waals surface area contributed by atoms with Crippen LogP contribution in [-0.2, 0) is 25.6 Å². The number of hydrogen-bond donors (Lipinski definition) is 2. The van der Waals surface area contributed by atoms with Crippen molar-refractivity contribution in [2.75, 3.05) is 32.9 Å². The predicted molar refractivity (Wildman–Crippen MR) is 138 cm³/mol. The van der Waals surface area contributed by atoms with Gasteiger partial charge in [-0.15, -0.1) is 0 Å². The smallest absolute Gasteiger partial charge is 0.407 e. The Bertz CT molecular complexity index is 1180. The van der Waals surface area contributed by atoms with Crippen LogP contribution in [0.3, 0.4) is 0 Å². The fourth-order valence-electron chi connectivity index (χ4n) is 4.49. The highest BCUT2D eigenvalue weighted by Gasteiger charge is 2.29. The Labute approximate surface area is 215 Å². The highest BCUT2D eigenvalue weighted by atomic mass is 16.5. The minimum Gasteiger partial charge on any atom is -0.480 e. The predicted octanol–water partition coefficient (Wildman–Crippen LogP) is 4.05. The van der Waals surface area contributed by atoms with Crippen molar-refractivity contribution in [3.05, 3.63) is 95.6 Å². The Morgan fingerprint density at radius 3 is 2.11 bits per heavy atom. The largest absolute Gasteiger partial charge is 0.480 e. The Hall–Kier alpha value is -4.17. The molecule has 3 aromatic carbocycles. The Morgan fingerprint density at radius 2 is 1.46 bits per heavy atom. The number of carbonyl (C=O) groups is 3. The van der Waals surface area contributed by atoms with Crippen LogP contribution in [0.25, 0.3) is 11.1 Å². The Kier molecular flexibility index (Phi) is 8.89. The number of aliphatic carboxylic acids is 1. The zero-order chi connectivity index (χ0) is 26.0. The first-order valence-corrected chi connectivity index (χ1v) is 12.2.